The van der Waals surface area contributed by atoms with Gasteiger partial charge in [-0.15, -0.1) is 0 Å². The Morgan fingerprint density at radius 2 is 1.89 bits per heavy atom. The predicted molar refractivity (Wildman–Crippen MR) is 80.0 cm³/mol. The summed E-state index contributed by atoms with van der Waals surface area (Å²) >= 11 is 0. The first kappa shape index (κ1) is 15.9. The van der Waals surface area contributed by atoms with Gasteiger partial charge in [-0.3, -0.25) is 0 Å². The molecule has 2 N–H and O–H groups in total. The smallest absolute Gasteiger partial charge is 0.146 e. The number of hydrogen-bond donors (Lipinski definition) is 1. The van der Waals surface area contributed by atoms with Crippen LogP contribution in [0.5, 0.6) is 0 Å². The minimum absolute atomic E-state index is 0.141. The summed E-state index contributed by atoms with van der Waals surface area (Å²) in [6.45, 7) is 7.69. The molecule has 1 aromatic carbocycles. The molecule has 0 saturated carbocycles. The monoisotopic (exact) mass is 267 g/mol. The number of nitrogens with two attached hydrogens (primary N) is 1. The van der Waals surface area contributed by atoms with E-state index in [1.54, 1.807) is 6.07 Å². The molecule has 3 nitrogen and oxygen atoms in total. The number of rotatable bonds is 6. The van der Waals surface area contributed by atoms with Gasteiger partial charge < -0.3 is 15.5 Å². The Bertz CT molecular complexity index is 404. The van der Waals surface area contributed by atoms with Gasteiger partial charge in [0, 0.05) is 25.2 Å². The summed E-state index contributed by atoms with van der Waals surface area (Å²) in [5, 5.41) is 0. The highest BCUT2D eigenvalue weighted by molar-refractivity contribution is 5.50. The van der Waals surface area contributed by atoms with Gasteiger partial charge in [-0.2, -0.15) is 0 Å². The molecule has 0 aliphatic rings. The molecule has 0 aliphatic carbocycles. The Kier molecular flexibility index (Phi) is 5.76. The summed E-state index contributed by atoms with van der Waals surface area (Å²) in [7, 11) is 4.06. The Morgan fingerprint density at radius 3 is 2.32 bits per heavy atom. The fourth-order valence-electron chi connectivity index (χ4n) is 2.39. The molecule has 0 spiro atoms. The maximum absolute atomic E-state index is 14.2. The predicted octanol–water partition coefficient (Wildman–Crippen LogP) is 2.62. The van der Waals surface area contributed by atoms with Crippen LogP contribution in [0.1, 0.15) is 32.4 Å². The van der Waals surface area contributed by atoms with E-state index in [9.17, 15) is 4.39 Å². The number of anilines is 1. The summed E-state index contributed by atoms with van der Waals surface area (Å²) in [4.78, 5) is 4.20. The van der Waals surface area contributed by atoms with Crippen LogP contribution in [0.15, 0.2) is 18.2 Å². The molecule has 4 heteroatoms. The van der Waals surface area contributed by atoms with Crippen LogP contribution < -0.4 is 10.6 Å². The molecule has 0 aliphatic heterocycles. The van der Waals surface area contributed by atoms with E-state index in [2.05, 4.69) is 16.7 Å². The average molecular weight is 267 g/mol. The molecule has 0 saturated heterocycles. The normalized spacial score (nSPS) is 14.5. The maximum Gasteiger partial charge on any atom is 0.146 e. The molecule has 0 heterocycles. The van der Waals surface area contributed by atoms with E-state index >= 15 is 0 Å². The second-order valence-corrected chi connectivity index (χ2v) is 5.40. The fraction of sp³-hybridized carbons (Fsp3) is 0.600. The molecule has 1 rings (SSSR count). The third kappa shape index (κ3) is 4.18. The van der Waals surface area contributed by atoms with E-state index in [0.29, 0.717) is 5.69 Å². The third-order valence-corrected chi connectivity index (χ3v) is 3.31. The molecule has 0 amide bonds. The van der Waals surface area contributed by atoms with Crippen molar-refractivity contribution >= 4 is 5.69 Å². The zero-order chi connectivity index (χ0) is 14.6. The van der Waals surface area contributed by atoms with Crippen LogP contribution in [-0.4, -0.2) is 38.1 Å². The van der Waals surface area contributed by atoms with Crippen molar-refractivity contribution in [2.24, 2.45) is 5.73 Å². The fourth-order valence-corrected chi connectivity index (χ4v) is 2.39. The van der Waals surface area contributed by atoms with Crippen molar-refractivity contribution in [1.82, 2.24) is 4.90 Å². The average Bonchev–Trinajstić information content (AvgIpc) is 2.30. The van der Waals surface area contributed by atoms with Crippen molar-refractivity contribution in [2.45, 2.75) is 32.9 Å². The van der Waals surface area contributed by atoms with Crippen molar-refractivity contribution in [2.75, 3.05) is 32.1 Å². The quantitative estimate of drug-likeness (QED) is 0.860. The molecular weight excluding hydrogens is 241 g/mol. The number of benzene rings is 1. The first-order valence-corrected chi connectivity index (χ1v) is 6.83. The molecule has 0 aromatic heterocycles. The topological polar surface area (TPSA) is 32.5 Å². The van der Waals surface area contributed by atoms with Crippen molar-refractivity contribution in [3.8, 4) is 0 Å². The lowest BCUT2D eigenvalue weighted by Crippen LogP contribution is -2.40. The highest BCUT2D eigenvalue weighted by Crippen LogP contribution is 2.24. The Balaban J connectivity index is 2.98. The molecule has 1 aromatic rings. The first-order valence-electron chi connectivity index (χ1n) is 6.83. The standard InChI is InChI=1S/C15H26FN3/c1-6-19(11(2)10-18(4)5)15-8-7-13(12(3)17)9-14(15)16/h7-9,11-12H,6,10,17H2,1-5H3/t11?,12-/m0/s1. The van der Waals surface area contributed by atoms with Crippen LogP contribution in [0.2, 0.25) is 0 Å². The van der Waals surface area contributed by atoms with Gasteiger partial charge in [0.05, 0.1) is 5.69 Å². The molecule has 19 heavy (non-hydrogen) atoms. The molecule has 108 valence electrons. The van der Waals surface area contributed by atoms with Gasteiger partial charge in [0.1, 0.15) is 5.82 Å². The van der Waals surface area contributed by atoms with Crippen molar-refractivity contribution < 1.29 is 4.39 Å². The van der Waals surface area contributed by atoms with Crippen molar-refractivity contribution in [3.05, 3.63) is 29.6 Å². The van der Waals surface area contributed by atoms with E-state index in [1.807, 2.05) is 40.1 Å². The molecule has 0 radical (unpaired) electrons. The molecule has 0 bridgehead atoms. The van der Waals surface area contributed by atoms with Crippen molar-refractivity contribution in [3.63, 3.8) is 0 Å². The van der Waals surface area contributed by atoms with Crippen LogP contribution in [0, 0.1) is 5.82 Å². The minimum atomic E-state index is -0.192. The summed E-state index contributed by atoms with van der Waals surface area (Å²) in [6.07, 6.45) is 0. The Hall–Kier alpha value is -1.13. The van der Waals surface area contributed by atoms with E-state index in [0.717, 1.165) is 18.7 Å². The summed E-state index contributed by atoms with van der Waals surface area (Å²) in [5.41, 5.74) is 7.27. The molecule has 0 fully saturated rings. The second-order valence-electron chi connectivity index (χ2n) is 5.40. The lowest BCUT2D eigenvalue weighted by Gasteiger charge is -2.32. The Morgan fingerprint density at radius 1 is 1.26 bits per heavy atom. The van der Waals surface area contributed by atoms with E-state index in [4.69, 9.17) is 5.73 Å². The van der Waals surface area contributed by atoms with Gasteiger partial charge in [0.2, 0.25) is 0 Å². The maximum atomic E-state index is 14.2. The SMILES string of the molecule is CCN(c1ccc([C@H](C)N)cc1F)C(C)CN(C)C. The first-order chi connectivity index (χ1) is 8.86. The largest absolute Gasteiger partial charge is 0.365 e. The van der Waals surface area contributed by atoms with E-state index in [-0.39, 0.29) is 17.9 Å². The van der Waals surface area contributed by atoms with Gasteiger partial charge in [0.25, 0.3) is 0 Å². The zero-order valence-electron chi connectivity index (χ0n) is 12.7. The van der Waals surface area contributed by atoms with Crippen LogP contribution in [0.4, 0.5) is 10.1 Å². The summed E-state index contributed by atoms with van der Waals surface area (Å²) in [6, 6.07) is 5.41. The lowest BCUT2D eigenvalue weighted by molar-refractivity contribution is 0.371. The van der Waals surface area contributed by atoms with Gasteiger partial charge >= 0.3 is 0 Å². The highest BCUT2D eigenvalue weighted by Gasteiger charge is 2.17. The van der Waals surface area contributed by atoms with Crippen LogP contribution in [0.3, 0.4) is 0 Å². The molecule has 2 atom stereocenters. The number of likely N-dealkylation sites (N-methyl/N-ethyl adjacent to an activating group) is 2. The van der Waals surface area contributed by atoms with E-state index in [1.165, 1.54) is 0 Å². The summed E-state index contributed by atoms with van der Waals surface area (Å²) in [5.74, 6) is -0.192. The lowest BCUT2D eigenvalue weighted by atomic mass is 10.1. The van der Waals surface area contributed by atoms with Crippen LogP contribution in [-0.2, 0) is 0 Å². The number of nitrogens with zero attached hydrogens (tertiary/aromatic N) is 2. The number of hydrogen-bond acceptors (Lipinski definition) is 3. The third-order valence-electron chi connectivity index (χ3n) is 3.31. The van der Waals surface area contributed by atoms with Gasteiger partial charge in [-0.1, -0.05) is 6.07 Å². The van der Waals surface area contributed by atoms with Crippen LogP contribution >= 0.6 is 0 Å². The van der Waals surface area contributed by atoms with E-state index < -0.39 is 0 Å². The molecule has 1 unspecified atom stereocenters. The van der Waals surface area contributed by atoms with Gasteiger partial charge in [0.15, 0.2) is 0 Å². The summed E-state index contributed by atoms with van der Waals surface area (Å²) < 4.78 is 14.2. The molecular formula is C15H26FN3. The highest BCUT2D eigenvalue weighted by atomic mass is 19.1. The van der Waals surface area contributed by atoms with Gasteiger partial charge in [-0.05, 0) is 52.6 Å². The second kappa shape index (κ2) is 6.87. The zero-order valence-corrected chi connectivity index (χ0v) is 12.7. The van der Waals surface area contributed by atoms with Gasteiger partial charge in [-0.25, -0.2) is 4.39 Å². The van der Waals surface area contributed by atoms with Crippen molar-refractivity contribution in [1.29, 1.82) is 0 Å². The Labute approximate surface area is 116 Å². The van der Waals surface area contributed by atoms with Crippen LogP contribution in [0.25, 0.3) is 0 Å². The minimum Gasteiger partial charge on any atom is -0.365 e. The number of halogens is 1.